The summed E-state index contributed by atoms with van der Waals surface area (Å²) in [5.74, 6) is 0.269. The lowest BCUT2D eigenvalue weighted by Gasteiger charge is -2.26. The number of alkyl halides is 3. The fourth-order valence-electron chi connectivity index (χ4n) is 4.03. The Bertz CT molecular complexity index is 1440. The number of hydrogen-bond donors (Lipinski definition) is 1. The second kappa shape index (κ2) is 11.0. The molecule has 1 fully saturated rings. The van der Waals surface area contributed by atoms with Gasteiger partial charge in [-0.2, -0.15) is 13.2 Å². The molecule has 13 heteroatoms. The van der Waals surface area contributed by atoms with Gasteiger partial charge in [-0.1, -0.05) is 23.4 Å². The van der Waals surface area contributed by atoms with E-state index in [1.54, 1.807) is 18.2 Å². The fourth-order valence-corrected chi connectivity index (χ4v) is 5.02. The summed E-state index contributed by atoms with van der Waals surface area (Å²) in [6, 6.07) is 10.1. The highest BCUT2D eigenvalue weighted by atomic mass is 32.1. The Morgan fingerprint density at radius 3 is 2.50 bits per heavy atom. The summed E-state index contributed by atoms with van der Waals surface area (Å²) >= 11 is 1.35. The Hall–Kier alpha value is -3.68. The maximum atomic E-state index is 13.0. The van der Waals surface area contributed by atoms with Crippen LogP contribution in [0.25, 0.3) is 22.0 Å². The van der Waals surface area contributed by atoms with Crippen LogP contribution in [0.2, 0.25) is 0 Å². The number of rotatable bonds is 8. The highest BCUT2D eigenvalue weighted by Gasteiger charge is 2.30. The maximum absolute atomic E-state index is 13.0. The van der Waals surface area contributed by atoms with Crippen LogP contribution in [-0.2, 0) is 24.1 Å². The minimum Gasteiger partial charge on any atom is -0.496 e. The Morgan fingerprint density at radius 1 is 1.11 bits per heavy atom. The lowest BCUT2D eigenvalue weighted by molar-refractivity contribution is -0.137. The van der Waals surface area contributed by atoms with Crippen molar-refractivity contribution in [3.8, 4) is 33.5 Å². The molecule has 2 aromatic carbocycles. The minimum absolute atomic E-state index is 0.125. The summed E-state index contributed by atoms with van der Waals surface area (Å²) in [7, 11) is 1.49. The third-order valence-electron chi connectivity index (χ3n) is 5.96. The molecule has 9 nitrogen and oxygen atoms in total. The van der Waals surface area contributed by atoms with Crippen LogP contribution in [0.1, 0.15) is 16.1 Å². The van der Waals surface area contributed by atoms with Gasteiger partial charge in [0.25, 0.3) is 0 Å². The average molecular weight is 549 g/mol. The number of ether oxygens (including phenoxy) is 3. The van der Waals surface area contributed by atoms with Crippen molar-refractivity contribution in [1.82, 2.24) is 20.0 Å². The molecule has 1 saturated heterocycles. The van der Waals surface area contributed by atoms with E-state index in [-0.39, 0.29) is 12.4 Å². The molecule has 0 saturated carbocycles. The number of methoxy groups -OCH3 is 1. The van der Waals surface area contributed by atoms with E-state index in [1.807, 2.05) is 0 Å². The summed E-state index contributed by atoms with van der Waals surface area (Å²) in [5.41, 5.74) is 1.06. The van der Waals surface area contributed by atoms with Gasteiger partial charge in [0.1, 0.15) is 28.7 Å². The second-order valence-corrected chi connectivity index (χ2v) is 9.50. The quantitative estimate of drug-likeness (QED) is 0.341. The molecule has 4 aromatic rings. The molecule has 1 N–H and O–H groups in total. The predicted octanol–water partition coefficient (Wildman–Crippen LogP) is 4.59. The molecule has 1 aliphatic rings. The number of thiazole rings is 1. The van der Waals surface area contributed by atoms with Crippen molar-refractivity contribution in [2.45, 2.75) is 19.3 Å². The molecule has 2 aromatic heterocycles. The van der Waals surface area contributed by atoms with Gasteiger partial charge in [0.15, 0.2) is 5.82 Å². The summed E-state index contributed by atoms with van der Waals surface area (Å²) in [6.45, 7) is 3.39. The molecule has 0 radical (unpaired) electrons. The zero-order valence-corrected chi connectivity index (χ0v) is 21.0. The van der Waals surface area contributed by atoms with Crippen molar-refractivity contribution in [3.05, 3.63) is 69.1 Å². The third-order valence-corrected chi connectivity index (χ3v) is 7.08. The summed E-state index contributed by atoms with van der Waals surface area (Å²) in [4.78, 5) is 21.9. The fraction of sp³-hybridized carbons (Fsp3) is 0.320. The first kappa shape index (κ1) is 25.9. The van der Waals surface area contributed by atoms with Crippen LogP contribution in [0.4, 0.5) is 13.2 Å². The van der Waals surface area contributed by atoms with Crippen molar-refractivity contribution in [3.63, 3.8) is 0 Å². The topological polar surface area (TPSA) is 103 Å². The SMILES string of the molecule is COc1cccc(OCc2sc(-c3ccc(C(F)(F)F)cc3)nc2CN2CCOCC2)c1-c1noc(=O)[nH]1. The molecule has 200 valence electrons. The van der Waals surface area contributed by atoms with Crippen LogP contribution in [0.3, 0.4) is 0 Å². The Morgan fingerprint density at radius 2 is 1.84 bits per heavy atom. The number of aromatic nitrogens is 3. The first-order valence-corrected chi connectivity index (χ1v) is 12.5. The molecule has 0 aliphatic carbocycles. The van der Waals surface area contributed by atoms with E-state index in [9.17, 15) is 18.0 Å². The molecule has 0 unspecified atom stereocenters. The van der Waals surface area contributed by atoms with E-state index in [2.05, 4.69) is 19.6 Å². The zero-order chi connectivity index (χ0) is 26.7. The average Bonchev–Trinajstić information content (AvgIpc) is 3.53. The van der Waals surface area contributed by atoms with Crippen LogP contribution in [0, 0.1) is 0 Å². The van der Waals surface area contributed by atoms with Gasteiger partial charge in [0, 0.05) is 25.2 Å². The van der Waals surface area contributed by atoms with Crippen LogP contribution >= 0.6 is 11.3 Å². The molecule has 1 aliphatic heterocycles. The number of morpholine rings is 1. The predicted molar refractivity (Wildman–Crippen MR) is 132 cm³/mol. The number of nitrogens with one attached hydrogen (secondary N) is 1. The van der Waals surface area contributed by atoms with Crippen molar-refractivity contribution in [1.29, 1.82) is 0 Å². The van der Waals surface area contributed by atoms with Gasteiger partial charge in [0.05, 0.1) is 36.5 Å². The summed E-state index contributed by atoms with van der Waals surface area (Å²) < 4.78 is 60.8. The van der Waals surface area contributed by atoms with E-state index in [0.717, 1.165) is 35.8 Å². The van der Waals surface area contributed by atoms with Crippen molar-refractivity contribution < 1.29 is 31.9 Å². The molecule has 0 bridgehead atoms. The molecular formula is C25H23F3N4O5S. The first-order chi connectivity index (χ1) is 18.3. The van der Waals surface area contributed by atoms with E-state index in [4.69, 9.17) is 19.2 Å². The summed E-state index contributed by atoms with van der Waals surface area (Å²) in [6.07, 6.45) is -4.41. The molecule has 0 atom stereocenters. The number of aromatic amines is 1. The first-order valence-electron chi connectivity index (χ1n) is 11.6. The Labute approximate surface area is 218 Å². The van der Waals surface area contributed by atoms with Gasteiger partial charge in [-0.15, -0.1) is 11.3 Å². The monoisotopic (exact) mass is 548 g/mol. The van der Waals surface area contributed by atoms with Gasteiger partial charge in [0.2, 0.25) is 0 Å². The largest absolute Gasteiger partial charge is 0.496 e. The number of nitrogens with zero attached hydrogens (tertiary/aromatic N) is 3. The molecular weight excluding hydrogens is 525 g/mol. The van der Waals surface area contributed by atoms with Crippen molar-refractivity contribution in [2.24, 2.45) is 0 Å². The number of halogens is 3. The van der Waals surface area contributed by atoms with Crippen molar-refractivity contribution >= 4 is 11.3 Å². The van der Waals surface area contributed by atoms with Crippen LogP contribution in [-0.4, -0.2) is 53.4 Å². The highest BCUT2D eigenvalue weighted by Crippen LogP contribution is 2.38. The van der Waals surface area contributed by atoms with E-state index >= 15 is 0 Å². The lowest BCUT2D eigenvalue weighted by Crippen LogP contribution is -2.36. The molecule has 0 spiro atoms. The number of benzene rings is 2. The zero-order valence-electron chi connectivity index (χ0n) is 20.2. The summed E-state index contributed by atoms with van der Waals surface area (Å²) in [5, 5.41) is 4.35. The smallest absolute Gasteiger partial charge is 0.439 e. The lowest BCUT2D eigenvalue weighted by atomic mass is 10.1. The van der Waals surface area contributed by atoms with E-state index in [0.29, 0.717) is 47.4 Å². The van der Waals surface area contributed by atoms with E-state index < -0.39 is 17.5 Å². The second-order valence-electron chi connectivity index (χ2n) is 8.42. The minimum atomic E-state index is -4.41. The normalized spacial score (nSPS) is 14.5. The van der Waals surface area contributed by atoms with Gasteiger partial charge >= 0.3 is 11.9 Å². The molecule has 38 heavy (non-hydrogen) atoms. The maximum Gasteiger partial charge on any atom is 0.439 e. The van der Waals surface area contributed by atoms with Gasteiger partial charge in [-0.05, 0) is 24.3 Å². The molecule has 0 amide bonds. The standard InChI is InChI=1S/C25H23F3N4O5S/c1-34-18-3-2-4-19(21(18)22-30-24(33)37-31-22)36-14-20-17(13-32-9-11-35-12-10-32)29-23(38-20)15-5-7-16(8-6-15)25(26,27)28/h2-8H,9-14H2,1H3,(H,30,31,33). The van der Waals surface area contributed by atoms with Crippen LogP contribution in [0.15, 0.2) is 51.8 Å². The van der Waals surface area contributed by atoms with E-state index in [1.165, 1.54) is 30.6 Å². The van der Waals surface area contributed by atoms with Crippen molar-refractivity contribution in [2.75, 3.05) is 33.4 Å². The third kappa shape index (κ3) is 5.74. The van der Waals surface area contributed by atoms with Gasteiger partial charge < -0.3 is 14.2 Å². The van der Waals surface area contributed by atoms with Gasteiger partial charge in [-0.3, -0.25) is 14.4 Å². The molecule has 3 heterocycles. The van der Waals surface area contributed by atoms with Crippen LogP contribution in [0.5, 0.6) is 11.5 Å². The van der Waals surface area contributed by atoms with Gasteiger partial charge in [-0.25, -0.2) is 9.78 Å². The molecule has 5 rings (SSSR count). The number of H-pyrrole nitrogens is 1. The van der Waals surface area contributed by atoms with Crippen LogP contribution < -0.4 is 15.2 Å². The Balaban J connectivity index is 1.45. The highest BCUT2D eigenvalue weighted by molar-refractivity contribution is 7.15. The number of hydrogen-bond acceptors (Lipinski definition) is 9. The Kier molecular flexibility index (Phi) is 7.49.